The first kappa shape index (κ1) is 18.6. The second-order valence-corrected chi connectivity index (χ2v) is 6.77. The third-order valence-corrected chi connectivity index (χ3v) is 3.83. The highest BCUT2D eigenvalue weighted by atomic mass is 79.9. The van der Waals surface area contributed by atoms with Gasteiger partial charge in [0.15, 0.2) is 6.61 Å². The number of benzene rings is 2. The van der Waals surface area contributed by atoms with Crippen molar-refractivity contribution < 1.29 is 14.3 Å². The number of hydrogen-bond acceptors (Lipinski definition) is 3. The molecule has 0 spiro atoms. The van der Waals surface area contributed by atoms with Crippen molar-refractivity contribution in [3.63, 3.8) is 0 Å². The van der Waals surface area contributed by atoms with Crippen LogP contribution in [0, 0.1) is 0 Å². The van der Waals surface area contributed by atoms with Crippen molar-refractivity contribution in [3.05, 3.63) is 57.5 Å². The highest BCUT2D eigenvalue weighted by Gasteiger charge is 2.06. The summed E-state index contributed by atoms with van der Waals surface area (Å²) >= 11 is 9.35. The minimum atomic E-state index is -0.212. The van der Waals surface area contributed by atoms with Crippen molar-refractivity contribution in [1.82, 2.24) is 5.32 Å². The van der Waals surface area contributed by atoms with E-state index in [1.165, 1.54) is 0 Å². The Labute approximate surface area is 155 Å². The summed E-state index contributed by atoms with van der Waals surface area (Å²) < 4.78 is 11.9. The molecule has 4 nitrogen and oxygen atoms in total. The van der Waals surface area contributed by atoms with Crippen LogP contribution in [-0.2, 0) is 11.3 Å². The molecule has 2 rings (SSSR count). The number of amides is 1. The Hall–Kier alpha value is -1.72. The van der Waals surface area contributed by atoms with E-state index in [1.54, 1.807) is 18.2 Å². The highest BCUT2D eigenvalue weighted by Crippen LogP contribution is 2.27. The van der Waals surface area contributed by atoms with Crippen LogP contribution in [0.2, 0.25) is 5.02 Å². The van der Waals surface area contributed by atoms with Crippen molar-refractivity contribution in [2.24, 2.45) is 0 Å². The van der Waals surface area contributed by atoms with Crippen LogP contribution in [0.15, 0.2) is 46.9 Å². The molecule has 6 heteroatoms. The predicted octanol–water partition coefficient (Wildman–Crippen LogP) is 4.58. The summed E-state index contributed by atoms with van der Waals surface area (Å²) in [7, 11) is 0. The molecule has 0 aliphatic rings. The van der Waals surface area contributed by atoms with Gasteiger partial charge in [-0.15, -0.1) is 0 Å². The predicted molar refractivity (Wildman–Crippen MR) is 98.7 cm³/mol. The van der Waals surface area contributed by atoms with E-state index in [9.17, 15) is 4.79 Å². The van der Waals surface area contributed by atoms with E-state index in [1.807, 2.05) is 38.1 Å². The van der Waals surface area contributed by atoms with Gasteiger partial charge in [0.1, 0.15) is 11.5 Å². The molecule has 128 valence electrons. The Kier molecular flexibility index (Phi) is 6.94. The lowest BCUT2D eigenvalue weighted by atomic mass is 10.2. The van der Waals surface area contributed by atoms with E-state index in [2.05, 4.69) is 21.2 Å². The minimum absolute atomic E-state index is 0.0874. The number of nitrogens with one attached hydrogen (secondary N) is 1. The van der Waals surface area contributed by atoms with E-state index in [4.69, 9.17) is 21.1 Å². The van der Waals surface area contributed by atoms with Crippen molar-refractivity contribution >= 4 is 33.4 Å². The van der Waals surface area contributed by atoms with Gasteiger partial charge < -0.3 is 14.8 Å². The lowest BCUT2D eigenvalue weighted by Crippen LogP contribution is -2.28. The maximum Gasteiger partial charge on any atom is 0.258 e. The molecule has 0 saturated carbocycles. The summed E-state index contributed by atoms with van der Waals surface area (Å²) in [6.07, 6.45) is 0.137. The van der Waals surface area contributed by atoms with Gasteiger partial charge in [0, 0.05) is 11.0 Å². The molecular formula is C18H19BrClNO3. The first-order chi connectivity index (χ1) is 11.4. The van der Waals surface area contributed by atoms with E-state index in [0.717, 1.165) is 15.8 Å². The summed E-state index contributed by atoms with van der Waals surface area (Å²) in [6.45, 7) is 4.30. The number of ether oxygens (including phenoxy) is 2. The summed E-state index contributed by atoms with van der Waals surface area (Å²) in [4.78, 5) is 11.9. The standard InChI is InChI=1S/C18H19BrClNO3/c1-12(2)24-15-6-3-13(4-7-15)10-21-18(22)11-23-17-8-5-14(19)9-16(17)20/h3-9,12H,10-11H2,1-2H3,(H,21,22). The van der Waals surface area contributed by atoms with Crippen molar-refractivity contribution in [3.8, 4) is 11.5 Å². The van der Waals surface area contributed by atoms with Crippen LogP contribution in [0.3, 0.4) is 0 Å². The van der Waals surface area contributed by atoms with Gasteiger partial charge in [-0.25, -0.2) is 0 Å². The molecule has 2 aromatic carbocycles. The van der Waals surface area contributed by atoms with E-state index >= 15 is 0 Å². The topological polar surface area (TPSA) is 47.6 Å². The normalized spacial score (nSPS) is 10.5. The summed E-state index contributed by atoms with van der Waals surface area (Å²) in [5.41, 5.74) is 0.987. The van der Waals surface area contributed by atoms with Crippen LogP contribution >= 0.6 is 27.5 Å². The van der Waals surface area contributed by atoms with E-state index < -0.39 is 0 Å². The second-order valence-electron chi connectivity index (χ2n) is 5.45. The monoisotopic (exact) mass is 411 g/mol. The van der Waals surface area contributed by atoms with Crippen LogP contribution < -0.4 is 14.8 Å². The Morgan fingerprint density at radius 2 is 1.92 bits per heavy atom. The fourth-order valence-corrected chi connectivity index (χ4v) is 2.67. The zero-order valence-corrected chi connectivity index (χ0v) is 15.9. The van der Waals surface area contributed by atoms with Crippen LogP contribution in [0.4, 0.5) is 0 Å². The summed E-state index contributed by atoms with van der Waals surface area (Å²) in [5.74, 6) is 1.08. The fraction of sp³-hybridized carbons (Fsp3) is 0.278. The number of rotatable bonds is 7. The molecule has 0 unspecified atom stereocenters. The minimum Gasteiger partial charge on any atom is -0.491 e. The van der Waals surface area contributed by atoms with Gasteiger partial charge in [0.25, 0.3) is 5.91 Å². The average Bonchev–Trinajstić information content (AvgIpc) is 2.53. The molecule has 24 heavy (non-hydrogen) atoms. The maximum atomic E-state index is 11.9. The maximum absolute atomic E-state index is 11.9. The third kappa shape index (κ3) is 6.06. The molecule has 0 radical (unpaired) electrons. The molecule has 1 amide bonds. The quantitative estimate of drug-likeness (QED) is 0.724. The molecule has 1 N–H and O–H groups in total. The van der Waals surface area contributed by atoms with Gasteiger partial charge in [0.05, 0.1) is 11.1 Å². The smallest absolute Gasteiger partial charge is 0.258 e. The van der Waals surface area contributed by atoms with Crippen LogP contribution in [0.1, 0.15) is 19.4 Å². The molecule has 0 fully saturated rings. The van der Waals surface area contributed by atoms with E-state index in [0.29, 0.717) is 17.3 Å². The number of carbonyl (C=O) groups excluding carboxylic acids is 1. The molecule has 0 aliphatic heterocycles. The second kappa shape index (κ2) is 8.94. The Morgan fingerprint density at radius 3 is 2.54 bits per heavy atom. The number of hydrogen-bond donors (Lipinski definition) is 1. The zero-order valence-electron chi connectivity index (χ0n) is 13.5. The van der Waals surface area contributed by atoms with Gasteiger partial charge in [-0.05, 0) is 49.7 Å². The summed E-state index contributed by atoms with van der Waals surface area (Å²) in [5, 5.41) is 3.26. The van der Waals surface area contributed by atoms with Crippen molar-refractivity contribution in [1.29, 1.82) is 0 Å². The molecule has 0 saturated heterocycles. The molecule has 0 atom stereocenters. The molecule has 0 bridgehead atoms. The van der Waals surface area contributed by atoms with Crippen LogP contribution in [0.5, 0.6) is 11.5 Å². The van der Waals surface area contributed by atoms with Gasteiger partial charge in [-0.1, -0.05) is 39.7 Å². The first-order valence-electron chi connectivity index (χ1n) is 7.54. The fourth-order valence-electron chi connectivity index (χ4n) is 1.95. The lowest BCUT2D eigenvalue weighted by Gasteiger charge is -2.11. The van der Waals surface area contributed by atoms with Gasteiger partial charge in [0.2, 0.25) is 0 Å². The molecule has 0 heterocycles. The molecule has 0 aliphatic carbocycles. The van der Waals surface area contributed by atoms with Crippen LogP contribution in [-0.4, -0.2) is 18.6 Å². The summed E-state index contributed by atoms with van der Waals surface area (Å²) in [6, 6.07) is 12.9. The number of carbonyl (C=O) groups is 1. The highest BCUT2D eigenvalue weighted by molar-refractivity contribution is 9.10. The number of halogens is 2. The van der Waals surface area contributed by atoms with Gasteiger partial charge in [-0.3, -0.25) is 4.79 Å². The van der Waals surface area contributed by atoms with E-state index in [-0.39, 0.29) is 18.6 Å². The Bertz CT molecular complexity index is 689. The SMILES string of the molecule is CC(C)Oc1ccc(CNC(=O)COc2ccc(Br)cc2Cl)cc1. The van der Waals surface area contributed by atoms with Crippen molar-refractivity contribution in [2.45, 2.75) is 26.5 Å². The van der Waals surface area contributed by atoms with Crippen molar-refractivity contribution in [2.75, 3.05) is 6.61 Å². The first-order valence-corrected chi connectivity index (χ1v) is 8.71. The largest absolute Gasteiger partial charge is 0.491 e. The molecule has 0 aromatic heterocycles. The zero-order chi connectivity index (χ0) is 17.5. The average molecular weight is 413 g/mol. The Balaban J connectivity index is 1.78. The third-order valence-electron chi connectivity index (χ3n) is 3.04. The molecule has 2 aromatic rings. The lowest BCUT2D eigenvalue weighted by molar-refractivity contribution is -0.123. The van der Waals surface area contributed by atoms with Gasteiger partial charge >= 0.3 is 0 Å². The Morgan fingerprint density at radius 1 is 1.21 bits per heavy atom. The van der Waals surface area contributed by atoms with Crippen LogP contribution in [0.25, 0.3) is 0 Å². The van der Waals surface area contributed by atoms with Gasteiger partial charge in [-0.2, -0.15) is 0 Å². The molecular weight excluding hydrogens is 394 g/mol.